The average Bonchev–Trinajstić information content (AvgIpc) is 2.56. The highest BCUT2D eigenvalue weighted by atomic mass is 35.5. The van der Waals surface area contributed by atoms with Crippen LogP contribution in [0.25, 0.3) is 10.9 Å². The van der Waals surface area contributed by atoms with Crippen LogP contribution in [0.15, 0.2) is 18.2 Å². The van der Waals surface area contributed by atoms with Crippen molar-refractivity contribution in [1.29, 1.82) is 0 Å². The normalized spacial score (nSPS) is 22.8. The van der Waals surface area contributed by atoms with Gasteiger partial charge in [-0.1, -0.05) is 11.6 Å². The summed E-state index contributed by atoms with van der Waals surface area (Å²) in [6.45, 7) is 2.26. The van der Waals surface area contributed by atoms with Crippen LogP contribution in [0.5, 0.6) is 0 Å². The lowest BCUT2D eigenvalue weighted by molar-refractivity contribution is 0.464. The SMILES string of the molecule is Clc1ccc2c(c1)c1c3n2CCCCC3NCC1. The van der Waals surface area contributed by atoms with Crippen molar-refractivity contribution in [1.82, 2.24) is 9.88 Å². The highest BCUT2D eigenvalue weighted by Gasteiger charge is 2.28. The van der Waals surface area contributed by atoms with Crippen LogP contribution in [0.2, 0.25) is 5.02 Å². The highest BCUT2D eigenvalue weighted by molar-refractivity contribution is 6.31. The third-order valence-corrected chi connectivity index (χ3v) is 4.63. The quantitative estimate of drug-likeness (QED) is 0.765. The molecule has 0 bridgehead atoms. The summed E-state index contributed by atoms with van der Waals surface area (Å²) in [7, 11) is 0. The lowest BCUT2D eigenvalue weighted by Crippen LogP contribution is -2.30. The van der Waals surface area contributed by atoms with Gasteiger partial charge in [0.05, 0.1) is 0 Å². The summed E-state index contributed by atoms with van der Waals surface area (Å²) in [6.07, 6.45) is 5.03. The summed E-state index contributed by atoms with van der Waals surface area (Å²) in [5.41, 5.74) is 4.45. The Labute approximate surface area is 112 Å². The minimum atomic E-state index is 0.558. The van der Waals surface area contributed by atoms with Crippen LogP contribution >= 0.6 is 11.6 Å². The molecule has 0 saturated heterocycles. The second-order valence-corrected chi connectivity index (χ2v) is 5.87. The van der Waals surface area contributed by atoms with Crippen molar-refractivity contribution in [2.45, 2.75) is 38.3 Å². The fourth-order valence-electron chi connectivity index (χ4n) is 3.64. The van der Waals surface area contributed by atoms with Crippen molar-refractivity contribution < 1.29 is 0 Å². The van der Waals surface area contributed by atoms with Crippen LogP contribution in [-0.4, -0.2) is 11.1 Å². The number of aryl methyl sites for hydroxylation is 1. The molecule has 0 fully saturated rings. The lowest BCUT2D eigenvalue weighted by atomic mass is 9.96. The Morgan fingerprint density at radius 1 is 1.28 bits per heavy atom. The summed E-state index contributed by atoms with van der Waals surface area (Å²) in [5, 5.41) is 5.92. The second kappa shape index (κ2) is 4.01. The van der Waals surface area contributed by atoms with Gasteiger partial charge in [-0.05, 0) is 56.0 Å². The first kappa shape index (κ1) is 10.9. The number of nitrogens with zero attached hydrogens (tertiary/aromatic N) is 1. The predicted molar refractivity (Wildman–Crippen MR) is 75.2 cm³/mol. The Balaban J connectivity index is 2.07. The van der Waals surface area contributed by atoms with Gasteiger partial charge in [-0.15, -0.1) is 0 Å². The van der Waals surface area contributed by atoms with Crippen molar-refractivity contribution >= 4 is 22.5 Å². The van der Waals surface area contributed by atoms with E-state index >= 15 is 0 Å². The van der Waals surface area contributed by atoms with Crippen LogP contribution in [0.4, 0.5) is 0 Å². The van der Waals surface area contributed by atoms with E-state index in [1.807, 2.05) is 6.07 Å². The smallest absolute Gasteiger partial charge is 0.0486 e. The maximum atomic E-state index is 6.17. The number of rotatable bonds is 0. The zero-order chi connectivity index (χ0) is 12.1. The molecule has 2 aliphatic rings. The molecule has 1 unspecified atom stereocenters. The summed E-state index contributed by atoms with van der Waals surface area (Å²) in [4.78, 5) is 0. The summed E-state index contributed by atoms with van der Waals surface area (Å²) in [5.74, 6) is 0. The van der Waals surface area contributed by atoms with Crippen LogP contribution in [0.1, 0.15) is 36.6 Å². The van der Waals surface area contributed by atoms with Gasteiger partial charge in [-0.25, -0.2) is 0 Å². The van der Waals surface area contributed by atoms with E-state index in [2.05, 4.69) is 22.0 Å². The van der Waals surface area contributed by atoms with Crippen molar-refractivity contribution in [3.05, 3.63) is 34.5 Å². The molecule has 2 nitrogen and oxygen atoms in total. The monoisotopic (exact) mass is 260 g/mol. The number of hydrogen-bond donors (Lipinski definition) is 1. The van der Waals surface area contributed by atoms with Crippen molar-refractivity contribution in [3.63, 3.8) is 0 Å². The maximum absolute atomic E-state index is 6.17. The van der Waals surface area contributed by atoms with Crippen LogP contribution in [0, 0.1) is 0 Å². The number of hydrogen-bond acceptors (Lipinski definition) is 1. The molecule has 4 rings (SSSR count). The van der Waals surface area contributed by atoms with Gasteiger partial charge in [-0.2, -0.15) is 0 Å². The van der Waals surface area contributed by atoms with Gasteiger partial charge in [-0.3, -0.25) is 0 Å². The Morgan fingerprint density at radius 3 is 3.17 bits per heavy atom. The molecule has 3 heteroatoms. The molecule has 0 aliphatic carbocycles. The molecule has 3 heterocycles. The van der Waals surface area contributed by atoms with Crippen LogP contribution < -0.4 is 5.32 Å². The number of fused-ring (bicyclic) bond motifs is 3. The van der Waals surface area contributed by atoms with Gasteiger partial charge >= 0.3 is 0 Å². The van der Waals surface area contributed by atoms with Crippen molar-refractivity contribution in [2.75, 3.05) is 6.54 Å². The minimum Gasteiger partial charge on any atom is -0.343 e. The zero-order valence-corrected chi connectivity index (χ0v) is 11.1. The van der Waals surface area contributed by atoms with Gasteiger partial charge in [0, 0.05) is 34.2 Å². The molecule has 1 N–H and O–H groups in total. The van der Waals surface area contributed by atoms with E-state index in [0.29, 0.717) is 6.04 Å². The highest BCUT2D eigenvalue weighted by Crippen LogP contribution is 2.38. The molecular weight excluding hydrogens is 244 g/mol. The van der Waals surface area contributed by atoms with E-state index in [4.69, 9.17) is 11.6 Å². The maximum Gasteiger partial charge on any atom is 0.0486 e. The van der Waals surface area contributed by atoms with Crippen LogP contribution in [-0.2, 0) is 13.0 Å². The Bertz CT molecular complexity index is 611. The predicted octanol–water partition coefficient (Wildman–Crippen LogP) is 3.67. The summed E-state index contributed by atoms with van der Waals surface area (Å²) in [6, 6.07) is 6.92. The van der Waals surface area contributed by atoms with E-state index in [1.165, 1.54) is 41.4 Å². The molecule has 18 heavy (non-hydrogen) atoms. The van der Waals surface area contributed by atoms with E-state index in [0.717, 1.165) is 24.5 Å². The topological polar surface area (TPSA) is 17.0 Å². The number of aromatic nitrogens is 1. The Morgan fingerprint density at radius 2 is 2.22 bits per heavy atom. The molecule has 0 spiro atoms. The first-order valence-electron chi connectivity index (χ1n) is 6.88. The molecule has 0 saturated carbocycles. The van der Waals surface area contributed by atoms with E-state index in [1.54, 1.807) is 0 Å². The van der Waals surface area contributed by atoms with E-state index < -0.39 is 0 Å². The molecule has 1 aromatic heterocycles. The number of benzene rings is 1. The first-order valence-corrected chi connectivity index (χ1v) is 7.26. The molecule has 1 aromatic carbocycles. The van der Waals surface area contributed by atoms with E-state index in [9.17, 15) is 0 Å². The van der Waals surface area contributed by atoms with Gasteiger partial charge in [0.25, 0.3) is 0 Å². The fourth-order valence-corrected chi connectivity index (χ4v) is 3.82. The van der Waals surface area contributed by atoms with Crippen LogP contribution in [0.3, 0.4) is 0 Å². The molecule has 2 aliphatic heterocycles. The molecule has 1 atom stereocenters. The Kier molecular flexibility index (Phi) is 2.42. The van der Waals surface area contributed by atoms with Crippen molar-refractivity contribution in [2.24, 2.45) is 0 Å². The Hall–Kier alpha value is -0.990. The molecule has 0 amide bonds. The largest absolute Gasteiger partial charge is 0.343 e. The van der Waals surface area contributed by atoms with E-state index in [-0.39, 0.29) is 0 Å². The summed E-state index contributed by atoms with van der Waals surface area (Å²) >= 11 is 6.17. The van der Waals surface area contributed by atoms with Gasteiger partial charge in [0.1, 0.15) is 0 Å². The third-order valence-electron chi connectivity index (χ3n) is 4.39. The van der Waals surface area contributed by atoms with Gasteiger partial charge < -0.3 is 9.88 Å². The number of nitrogens with one attached hydrogen (secondary N) is 1. The summed E-state index contributed by atoms with van der Waals surface area (Å²) < 4.78 is 2.53. The van der Waals surface area contributed by atoms with Gasteiger partial charge in [0.15, 0.2) is 0 Å². The molecule has 0 radical (unpaired) electrons. The molecule has 2 aromatic rings. The first-order chi connectivity index (χ1) is 8.84. The lowest BCUT2D eigenvalue weighted by Gasteiger charge is -2.24. The second-order valence-electron chi connectivity index (χ2n) is 5.43. The average molecular weight is 261 g/mol. The van der Waals surface area contributed by atoms with Gasteiger partial charge in [0.2, 0.25) is 0 Å². The minimum absolute atomic E-state index is 0.558. The molecular formula is C15H17ClN2. The zero-order valence-electron chi connectivity index (χ0n) is 10.4. The number of halogens is 1. The fraction of sp³-hybridized carbons (Fsp3) is 0.467. The third kappa shape index (κ3) is 1.45. The molecule has 94 valence electrons. The van der Waals surface area contributed by atoms with Crippen molar-refractivity contribution in [3.8, 4) is 0 Å². The standard InChI is InChI=1S/C15H17ClN2/c16-10-4-5-14-12(9-10)11-6-7-17-13-3-1-2-8-18(14)15(11)13/h4-5,9,13,17H,1-3,6-8H2.